The first kappa shape index (κ1) is 38.0. The van der Waals surface area contributed by atoms with Crippen LogP contribution in [0.15, 0.2) is 59.4 Å². The van der Waals surface area contributed by atoms with E-state index in [2.05, 4.69) is 69.4 Å². The minimum atomic E-state index is -0.574. The van der Waals surface area contributed by atoms with Gasteiger partial charge in [-0.3, -0.25) is 14.7 Å². The van der Waals surface area contributed by atoms with Crippen molar-refractivity contribution in [2.75, 3.05) is 11.9 Å². The molecule has 258 valence electrons. The second-order valence-corrected chi connectivity index (χ2v) is 15.3. The van der Waals surface area contributed by atoms with E-state index in [1.165, 1.54) is 17.7 Å². The fourth-order valence-electron chi connectivity index (χ4n) is 5.00. The van der Waals surface area contributed by atoms with Crippen molar-refractivity contribution in [3.8, 4) is 11.4 Å². The van der Waals surface area contributed by atoms with Gasteiger partial charge in [-0.25, -0.2) is 4.68 Å². The van der Waals surface area contributed by atoms with Gasteiger partial charge in [-0.05, 0) is 72.6 Å². The SMILES string of the molecule is CCC(C)(C)c1ccc(OC(C)C(Cl)CNC(=O)c2cccc(Nc3[nH]n(-c4c(Cl)cc(Cl)cc4Cl)c(=O)c3Cl)c2)c(C(C)(C)CC)c1. The zero-order chi connectivity index (χ0) is 35.6. The lowest BCUT2D eigenvalue weighted by molar-refractivity contribution is 0.0948. The molecular weight excluding hydrogens is 714 g/mol. The fourth-order valence-corrected chi connectivity index (χ4v) is 6.29. The van der Waals surface area contributed by atoms with Crippen LogP contribution < -0.4 is 20.9 Å². The molecular formula is C36H41Cl5N4O3. The van der Waals surface area contributed by atoms with E-state index in [4.69, 9.17) is 62.7 Å². The lowest BCUT2D eigenvalue weighted by atomic mass is 9.76. The van der Waals surface area contributed by atoms with Crippen LogP contribution in [0.5, 0.6) is 5.75 Å². The minimum Gasteiger partial charge on any atom is -0.489 e. The van der Waals surface area contributed by atoms with Gasteiger partial charge in [0, 0.05) is 28.4 Å². The van der Waals surface area contributed by atoms with Crippen LogP contribution in [0.1, 0.15) is 82.8 Å². The van der Waals surface area contributed by atoms with Gasteiger partial charge in [-0.2, -0.15) is 0 Å². The Balaban J connectivity index is 1.44. The lowest BCUT2D eigenvalue weighted by Gasteiger charge is -2.32. The van der Waals surface area contributed by atoms with E-state index >= 15 is 0 Å². The number of carbonyl (C=O) groups is 1. The van der Waals surface area contributed by atoms with Crippen LogP contribution in [0.4, 0.5) is 11.5 Å². The molecule has 3 N–H and O–H groups in total. The Morgan fingerprint density at radius 3 is 2.21 bits per heavy atom. The number of nitrogens with zero attached hydrogens (tertiary/aromatic N) is 1. The number of hydrogen-bond donors (Lipinski definition) is 3. The highest BCUT2D eigenvalue weighted by molar-refractivity contribution is 6.40. The number of ether oxygens (including phenoxy) is 1. The monoisotopic (exact) mass is 752 g/mol. The number of rotatable bonds is 13. The van der Waals surface area contributed by atoms with E-state index in [1.54, 1.807) is 24.3 Å². The van der Waals surface area contributed by atoms with E-state index in [1.807, 2.05) is 13.0 Å². The van der Waals surface area contributed by atoms with Crippen molar-refractivity contribution in [3.05, 3.63) is 102 Å². The van der Waals surface area contributed by atoms with Gasteiger partial charge in [0.2, 0.25) is 0 Å². The van der Waals surface area contributed by atoms with Gasteiger partial charge in [0.25, 0.3) is 11.5 Å². The van der Waals surface area contributed by atoms with Gasteiger partial charge in [0.05, 0.1) is 15.4 Å². The van der Waals surface area contributed by atoms with Crippen molar-refractivity contribution in [1.29, 1.82) is 0 Å². The van der Waals surface area contributed by atoms with Crippen LogP contribution in [0, 0.1) is 0 Å². The Bertz CT molecular complexity index is 1830. The van der Waals surface area contributed by atoms with Crippen molar-refractivity contribution in [2.45, 2.75) is 83.6 Å². The van der Waals surface area contributed by atoms with Crippen LogP contribution in [0.3, 0.4) is 0 Å². The molecule has 12 heteroatoms. The van der Waals surface area contributed by atoms with Crippen molar-refractivity contribution in [3.63, 3.8) is 0 Å². The largest absolute Gasteiger partial charge is 0.489 e. The van der Waals surface area contributed by atoms with E-state index in [0.29, 0.717) is 16.3 Å². The van der Waals surface area contributed by atoms with Crippen LogP contribution in [0.2, 0.25) is 20.1 Å². The third-order valence-corrected chi connectivity index (χ3v) is 10.6. The van der Waals surface area contributed by atoms with Crippen molar-refractivity contribution in [1.82, 2.24) is 15.1 Å². The highest BCUT2D eigenvalue weighted by atomic mass is 35.5. The Morgan fingerprint density at radius 2 is 1.58 bits per heavy atom. The Labute approximate surface area is 307 Å². The van der Waals surface area contributed by atoms with Gasteiger partial charge in [0.15, 0.2) is 0 Å². The maximum Gasteiger partial charge on any atom is 0.292 e. The first-order chi connectivity index (χ1) is 22.5. The minimum absolute atomic E-state index is 0.0451. The van der Waals surface area contributed by atoms with Gasteiger partial charge in [-0.1, -0.05) is 106 Å². The second-order valence-electron chi connectivity index (χ2n) is 13.1. The summed E-state index contributed by atoms with van der Waals surface area (Å²) >= 11 is 31.8. The van der Waals surface area contributed by atoms with Crippen LogP contribution in [0.25, 0.3) is 5.69 Å². The van der Waals surface area contributed by atoms with Gasteiger partial charge in [-0.15, -0.1) is 11.6 Å². The lowest BCUT2D eigenvalue weighted by Crippen LogP contribution is -2.37. The number of aromatic amines is 1. The molecule has 4 aromatic rings. The summed E-state index contributed by atoms with van der Waals surface area (Å²) in [6.45, 7) is 15.4. The molecule has 0 spiro atoms. The molecule has 48 heavy (non-hydrogen) atoms. The summed E-state index contributed by atoms with van der Waals surface area (Å²) in [7, 11) is 0. The molecule has 1 amide bonds. The molecule has 7 nitrogen and oxygen atoms in total. The maximum atomic E-state index is 13.2. The molecule has 2 unspecified atom stereocenters. The zero-order valence-electron chi connectivity index (χ0n) is 28.0. The van der Waals surface area contributed by atoms with E-state index in [-0.39, 0.29) is 56.0 Å². The molecule has 0 saturated heterocycles. The molecule has 1 aromatic heterocycles. The summed E-state index contributed by atoms with van der Waals surface area (Å²) in [5.74, 6) is 0.657. The summed E-state index contributed by atoms with van der Waals surface area (Å²) in [6, 6.07) is 16.1. The van der Waals surface area contributed by atoms with Gasteiger partial charge < -0.3 is 15.4 Å². The second kappa shape index (κ2) is 15.4. The highest BCUT2D eigenvalue weighted by Crippen LogP contribution is 2.39. The molecule has 0 bridgehead atoms. The first-order valence-electron chi connectivity index (χ1n) is 15.8. The molecule has 2 atom stereocenters. The Kier molecular flexibility index (Phi) is 12.2. The molecule has 1 heterocycles. The molecule has 4 rings (SSSR count). The van der Waals surface area contributed by atoms with Crippen molar-refractivity contribution >= 4 is 75.4 Å². The number of hydrogen-bond acceptors (Lipinski definition) is 4. The predicted molar refractivity (Wildman–Crippen MR) is 201 cm³/mol. The third-order valence-electron chi connectivity index (χ3n) is 8.97. The number of carbonyl (C=O) groups excluding carboxylic acids is 1. The number of aromatic nitrogens is 2. The zero-order valence-corrected chi connectivity index (χ0v) is 31.8. The van der Waals surface area contributed by atoms with Crippen molar-refractivity contribution in [2.24, 2.45) is 0 Å². The molecule has 0 aliphatic carbocycles. The Morgan fingerprint density at radius 1 is 0.938 bits per heavy atom. The molecule has 0 saturated carbocycles. The summed E-state index contributed by atoms with van der Waals surface area (Å²) in [4.78, 5) is 26.1. The topological polar surface area (TPSA) is 88.2 Å². The summed E-state index contributed by atoms with van der Waals surface area (Å²) in [5, 5.41) is 8.85. The smallest absolute Gasteiger partial charge is 0.292 e. The van der Waals surface area contributed by atoms with Gasteiger partial charge >= 0.3 is 0 Å². The first-order valence-corrected chi connectivity index (χ1v) is 17.7. The number of halogens is 5. The van der Waals surface area contributed by atoms with Crippen LogP contribution in [-0.4, -0.2) is 33.7 Å². The number of alkyl halides is 1. The quantitative estimate of drug-likeness (QED) is 0.119. The molecule has 0 fully saturated rings. The number of anilines is 2. The van der Waals surface area contributed by atoms with Gasteiger partial charge in [0.1, 0.15) is 28.4 Å². The molecule has 0 aliphatic rings. The van der Waals surface area contributed by atoms with Crippen LogP contribution in [-0.2, 0) is 10.8 Å². The molecule has 3 aromatic carbocycles. The molecule has 0 aliphatic heterocycles. The van der Waals surface area contributed by atoms with Crippen molar-refractivity contribution < 1.29 is 9.53 Å². The Hall–Kier alpha value is -2.81. The van der Waals surface area contributed by atoms with E-state index in [9.17, 15) is 9.59 Å². The summed E-state index contributed by atoms with van der Waals surface area (Å²) < 4.78 is 7.56. The summed E-state index contributed by atoms with van der Waals surface area (Å²) in [6.07, 6.45) is 1.58. The normalized spacial score (nSPS) is 13.2. The number of amides is 1. The fraction of sp³-hybridized carbons (Fsp3) is 0.389. The maximum absolute atomic E-state index is 13.2. The standard InChI is InChI=1S/C36H41Cl5N4O3/c1-8-35(4,5)22-13-14-29(25(16-22)36(6,7)9-2)48-20(3)28(40)19-42-33(46)21-11-10-12-24(15-21)43-32-30(41)34(47)45(44-32)31-26(38)17-23(37)18-27(31)39/h10-18,20,28,43-44H,8-9,19H2,1-7H3,(H,42,46). The molecule has 0 radical (unpaired) electrons. The van der Waals surface area contributed by atoms with E-state index < -0.39 is 10.9 Å². The number of H-pyrrole nitrogens is 1. The predicted octanol–water partition coefficient (Wildman–Crippen LogP) is 10.7. The average molecular weight is 755 g/mol. The number of nitrogens with one attached hydrogen (secondary N) is 3. The highest BCUT2D eigenvalue weighted by Gasteiger charge is 2.28. The average Bonchev–Trinajstić information content (AvgIpc) is 3.31. The van der Waals surface area contributed by atoms with E-state index in [0.717, 1.165) is 28.8 Å². The summed E-state index contributed by atoms with van der Waals surface area (Å²) in [5.41, 5.74) is 2.87. The van der Waals surface area contributed by atoms with Crippen LogP contribution >= 0.6 is 58.0 Å². The number of benzene rings is 3. The third kappa shape index (κ3) is 8.48.